The fourth-order valence-corrected chi connectivity index (χ4v) is 0. The monoisotopic (exact) mass is 176 g/mol. The molecule has 0 unspecified atom stereocenters. The molecule has 0 aromatic carbocycles. The van der Waals surface area contributed by atoms with Crippen molar-refractivity contribution in [3.63, 3.8) is 0 Å². The molecule has 3 nitrogen and oxygen atoms in total. The second kappa shape index (κ2) is 11.2. The molecule has 0 heterocycles. The molecule has 0 aliphatic carbocycles. The van der Waals surface area contributed by atoms with E-state index in [1.165, 1.54) is 0 Å². The van der Waals surface area contributed by atoms with Crippen molar-refractivity contribution in [2.75, 3.05) is 0 Å². The van der Waals surface area contributed by atoms with Crippen LogP contribution in [0.3, 0.4) is 0 Å². The fourth-order valence-electron chi connectivity index (χ4n) is 0. The second-order valence-electron chi connectivity index (χ2n) is 0.250. The van der Waals surface area contributed by atoms with Crippen molar-refractivity contribution in [1.82, 2.24) is 0 Å². The summed E-state index contributed by atoms with van der Waals surface area (Å²) in [6.07, 6.45) is 0. The molecule has 0 N–H and O–H groups in total. The van der Waals surface area contributed by atoms with Crippen molar-refractivity contribution in [3.8, 4) is 0 Å². The first-order valence-corrected chi connectivity index (χ1v) is 2.52. The maximum atomic E-state index is 8.58. The van der Waals surface area contributed by atoms with Gasteiger partial charge < -0.3 is 0 Å². The summed E-state index contributed by atoms with van der Waals surface area (Å²) in [6.45, 7) is 0. The Balaban J connectivity index is -0.0000000450. The van der Waals surface area contributed by atoms with Crippen LogP contribution in [0.1, 0.15) is 0 Å². The van der Waals surface area contributed by atoms with Crippen LogP contribution in [-0.2, 0) is 27.8 Å². The van der Waals surface area contributed by atoms with Crippen LogP contribution in [0.15, 0.2) is 0 Å². The number of hydrogen-bond acceptors (Lipinski definition) is 3. The summed E-state index contributed by atoms with van der Waals surface area (Å²) in [6, 6.07) is 0. The first-order valence-electron chi connectivity index (χ1n) is 0.612. The molecular formula is H2K2O3Ti. The zero-order valence-electron chi connectivity index (χ0n) is 1.72. The summed E-state index contributed by atoms with van der Waals surface area (Å²) in [5.41, 5.74) is 0. The first kappa shape index (κ1) is 16.2. The van der Waals surface area contributed by atoms with Crippen molar-refractivity contribution < 1.29 is 27.8 Å². The minimum absolute atomic E-state index is 0. The summed E-state index contributed by atoms with van der Waals surface area (Å²) in [7, 11) is 0. The summed E-state index contributed by atoms with van der Waals surface area (Å²) in [5, 5.41) is 0. The minimum atomic E-state index is -4.08. The maximum absolute atomic E-state index is 8.58. The summed E-state index contributed by atoms with van der Waals surface area (Å²) < 4.78 is 25.8. The molecule has 0 rings (SSSR count). The van der Waals surface area contributed by atoms with Crippen LogP contribution in [-0.4, -0.2) is 103 Å². The van der Waals surface area contributed by atoms with Gasteiger partial charge in [0.1, 0.15) is 0 Å². The van der Waals surface area contributed by atoms with Gasteiger partial charge in [-0.2, -0.15) is 0 Å². The first-order chi connectivity index (χ1) is 1.73. The Morgan fingerprint density at radius 3 is 0.833 bits per heavy atom. The van der Waals surface area contributed by atoms with Crippen molar-refractivity contribution in [2.24, 2.45) is 0 Å². The van der Waals surface area contributed by atoms with Crippen LogP contribution in [0, 0.1) is 0 Å². The zero-order valence-corrected chi connectivity index (χ0v) is 3.29. The molecule has 0 atom stereocenters. The Morgan fingerprint density at radius 2 is 0.833 bits per heavy atom. The molecule has 0 aromatic rings. The van der Waals surface area contributed by atoms with E-state index in [0.717, 1.165) is 0 Å². The van der Waals surface area contributed by atoms with Crippen LogP contribution in [0.4, 0.5) is 0 Å². The Morgan fingerprint density at radius 1 is 0.833 bits per heavy atom. The van der Waals surface area contributed by atoms with Gasteiger partial charge in [-0.15, -0.1) is 0 Å². The molecular weight excluding hydrogens is 174 g/mol. The summed E-state index contributed by atoms with van der Waals surface area (Å²) in [4.78, 5) is 0. The Labute approximate surface area is 126 Å². The predicted octanol–water partition coefficient (Wildman–Crippen LogP) is -1.66. The third kappa shape index (κ3) is 26.3. The molecule has 0 aliphatic rings. The summed E-state index contributed by atoms with van der Waals surface area (Å²) >= 11 is -4.08. The van der Waals surface area contributed by atoms with Crippen molar-refractivity contribution in [2.45, 2.75) is 0 Å². The predicted molar refractivity (Wildman–Crippen MR) is 16.4 cm³/mol. The second-order valence-corrected chi connectivity index (χ2v) is 1.03. The van der Waals surface area contributed by atoms with E-state index in [0.29, 0.717) is 0 Å². The van der Waals surface area contributed by atoms with Crippen molar-refractivity contribution >= 4 is 103 Å². The molecule has 0 saturated heterocycles. The number of rotatable bonds is 0. The van der Waals surface area contributed by atoms with E-state index in [2.05, 4.69) is 0 Å². The molecule has 0 saturated carbocycles. The van der Waals surface area contributed by atoms with Gasteiger partial charge in [-0.3, -0.25) is 0 Å². The van der Waals surface area contributed by atoms with E-state index < -0.39 is 17.8 Å². The standard InChI is InChI=1S/2K.3O.Ti.2H. The van der Waals surface area contributed by atoms with E-state index in [1.807, 2.05) is 0 Å². The fraction of sp³-hybridized carbons (Fsp3) is 0. The van der Waals surface area contributed by atoms with Crippen LogP contribution in [0.2, 0.25) is 0 Å². The topological polar surface area (TPSA) is 51.2 Å². The molecule has 0 fully saturated rings. The van der Waals surface area contributed by atoms with Crippen molar-refractivity contribution in [1.29, 1.82) is 0 Å². The van der Waals surface area contributed by atoms with Gasteiger partial charge in [0.2, 0.25) is 0 Å². The van der Waals surface area contributed by atoms with E-state index in [9.17, 15) is 0 Å². The van der Waals surface area contributed by atoms with Gasteiger partial charge >= 0.3 is 131 Å². The Kier molecular flexibility index (Phi) is 30.3. The van der Waals surface area contributed by atoms with E-state index in [4.69, 9.17) is 9.97 Å². The zero-order chi connectivity index (χ0) is 3.58. The van der Waals surface area contributed by atoms with Crippen LogP contribution in [0.25, 0.3) is 0 Å². The average molecular weight is 176 g/mol. The third-order valence-corrected chi connectivity index (χ3v) is 0. The van der Waals surface area contributed by atoms with Crippen molar-refractivity contribution in [3.05, 3.63) is 0 Å². The van der Waals surface area contributed by atoms with Gasteiger partial charge in [0.05, 0.1) is 0 Å². The molecule has 6 heteroatoms. The van der Waals surface area contributed by atoms with E-state index >= 15 is 0 Å². The molecule has 0 radical (unpaired) electrons. The van der Waals surface area contributed by atoms with Crippen LogP contribution < -0.4 is 0 Å². The van der Waals surface area contributed by atoms with Gasteiger partial charge in [-0.1, -0.05) is 0 Å². The van der Waals surface area contributed by atoms with Crippen LogP contribution in [0.5, 0.6) is 0 Å². The molecule has 0 bridgehead atoms. The van der Waals surface area contributed by atoms with Gasteiger partial charge in [-0.25, -0.2) is 0 Å². The van der Waals surface area contributed by atoms with Crippen LogP contribution >= 0.6 is 0 Å². The van der Waals surface area contributed by atoms with Gasteiger partial charge in [0.15, 0.2) is 0 Å². The van der Waals surface area contributed by atoms with E-state index in [-0.39, 0.29) is 103 Å². The molecule has 0 spiro atoms. The third-order valence-electron chi connectivity index (χ3n) is 0. The van der Waals surface area contributed by atoms with Gasteiger partial charge in [0.25, 0.3) is 0 Å². The molecule has 0 amide bonds. The average Bonchev–Trinajstić information content (AvgIpc) is 0.811. The normalized spacial score (nSPS) is 2.50. The SMILES string of the molecule is [KH].[KH].[O]=[Ti](=[O])=[O]. The van der Waals surface area contributed by atoms with E-state index in [1.54, 1.807) is 0 Å². The Bertz CT molecular complexity index is 78.2. The Hall–Kier alpha value is 3.39. The quantitative estimate of drug-likeness (QED) is 0.415. The van der Waals surface area contributed by atoms with Gasteiger partial charge in [0, 0.05) is 0 Å². The molecule has 6 heavy (non-hydrogen) atoms. The number of hydrogen-bond donors (Lipinski definition) is 0. The molecule has 0 aliphatic heterocycles. The molecule has 0 aromatic heterocycles. The summed E-state index contributed by atoms with van der Waals surface area (Å²) in [5.74, 6) is 0. The molecule has 26 valence electrons. The van der Waals surface area contributed by atoms with Gasteiger partial charge in [-0.05, 0) is 0 Å².